The quantitative estimate of drug-likeness (QED) is 0.781. The van der Waals surface area contributed by atoms with E-state index in [2.05, 4.69) is 19.2 Å². The number of fused-ring (bicyclic) bond motifs is 1. The van der Waals surface area contributed by atoms with Gasteiger partial charge in [0.2, 0.25) is 0 Å². The van der Waals surface area contributed by atoms with E-state index in [4.69, 9.17) is 0 Å². The van der Waals surface area contributed by atoms with Crippen LogP contribution in [0.25, 0.3) is 0 Å². The van der Waals surface area contributed by atoms with Crippen molar-refractivity contribution < 1.29 is 14.4 Å². The highest BCUT2D eigenvalue weighted by atomic mass is 16.2. The molecule has 140 valence electrons. The molecule has 2 unspecified atom stereocenters. The largest absolute Gasteiger partial charge is 0.324 e. The summed E-state index contributed by atoms with van der Waals surface area (Å²) in [6.07, 6.45) is 1.13. The number of benzene rings is 1. The topological polar surface area (TPSA) is 69.7 Å². The van der Waals surface area contributed by atoms with Crippen LogP contribution < -0.4 is 5.32 Å². The molecule has 1 N–H and O–H groups in total. The lowest BCUT2D eigenvalue weighted by Gasteiger charge is -2.34. The molecule has 0 aromatic heterocycles. The summed E-state index contributed by atoms with van der Waals surface area (Å²) < 4.78 is 0. The molecular weight excluding hydrogens is 330 g/mol. The van der Waals surface area contributed by atoms with Gasteiger partial charge >= 0.3 is 6.03 Å². The maximum absolute atomic E-state index is 12.7. The Labute approximate surface area is 154 Å². The van der Waals surface area contributed by atoms with Gasteiger partial charge < -0.3 is 10.2 Å². The number of nitrogens with one attached hydrogen (secondary N) is 1. The van der Waals surface area contributed by atoms with Crippen LogP contribution in [-0.4, -0.2) is 46.3 Å². The molecule has 1 aromatic carbocycles. The molecule has 0 saturated carbocycles. The lowest BCUT2D eigenvalue weighted by molar-refractivity contribution is 0.0507. The fraction of sp³-hybridized carbons (Fsp3) is 0.550. The zero-order valence-electron chi connectivity index (χ0n) is 16.1. The molecule has 6 heteroatoms. The van der Waals surface area contributed by atoms with E-state index in [1.165, 1.54) is 4.90 Å². The summed E-state index contributed by atoms with van der Waals surface area (Å²) in [6.45, 7) is 11.3. The van der Waals surface area contributed by atoms with Crippen LogP contribution in [0.15, 0.2) is 18.2 Å². The van der Waals surface area contributed by atoms with E-state index in [0.29, 0.717) is 28.7 Å². The fourth-order valence-electron chi connectivity index (χ4n) is 3.96. The number of rotatable bonds is 1. The zero-order valence-corrected chi connectivity index (χ0v) is 16.1. The Morgan fingerprint density at radius 3 is 2.19 bits per heavy atom. The molecule has 0 aliphatic carbocycles. The molecule has 2 heterocycles. The van der Waals surface area contributed by atoms with Crippen LogP contribution in [0.5, 0.6) is 0 Å². The number of amides is 4. The second kappa shape index (κ2) is 6.41. The normalized spacial score (nSPS) is 23.3. The summed E-state index contributed by atoms with van der Waals surface area (Å²) in [6, 6.07) is 4.76. The van der Waals surface area contributed by atoms with Crippen LogP contribution in [0.1, 0.15) is 61.8 Å². The summed E-state index contributed by atoms with van der Waals surface area (Å²) in [7, 11) is 0. The van der Waals surface area contributed by atoms with E-state index in [-0.39, 0.29) is 17.8 Å². The molecule has 0 radical (unpaired) electrons. The number of hydrogen-bond donors (Lipinski definition) is 1. The van der Waals surface area contributed by atoms with Crippen molar-refractivity contribution in [3.8, 4) is 0 Å². The number of likely N-dealkylation sites (tertiary alicyclic amines) is 1. The predicted octanol–water partition coefficient (Wildman–Crippen LogP) is 3.59. The Morgan fingerprint density at radius 2 is 1.62 bits per heavy atom. The molecule has 2 aliphatic heterocycles. The van der Waals surface area contributed by atoms with Gasteiger partial charge in [0.15, 0.2) is 0 Å². The van der Waals surface area contributed by atoms with E-state index in [1.807, 2.05) is 25.7 Å². The van der Waals surface area contributed by atoms with Crippen LogP contribution in [-0.2, 0) is 0 Å². The third-order valence-corrected chi connectivity index (χ3v) is 4.96. The molecule has 0 bridgehead atoms. The molecule has 26 heavy (non-hydrogen) atoms. The minimum Gasteiger partial charge on any atom is -0.324 e. The Bertz CT molecular complexity index is 756. The third-order valence-electron chi connectivity index (χ3n) is 4.96. The Kier molecular flexibility index (Phi) is 4.54. The number of hydrogen-bond acceptors (Lipinski definition) is 3. The predicted molar refractivity (Wildman–Crippen MR) is 100 cm³/mol. The molecule has 1 saturated heterocycles. The van der Waals surface area contributed by atoms with Crippen molar-refractivity contribution in [2.75, 3.05) is 18.4 Å². The average molecular weight is 357 g/mol. The number of carbonyl (C=O) groups is 3. The minimum absolute atomic E-state index is 0.159. The van der Waals surface area contributed by atoms with Crippen LogP contribution in [0.2, 0.25) is 0 Å². The number of urea groups is 1. The lowest BCUT2D eigenvalue weighted by atomic mass is 9.92. The number of nitrogens with zero attached hydrogens (tertiary/aromatic N) is 2. The summed E-state index contributed by atoms with van der Waals surface area (Å²) in [5, 5.41) is 2.88. The summed E-state index contributed by atoms with van der Waals surface area (Å²) in [5.74, 6) is 0.357. The van der Waals surface area contributed by atoms with Gasteiger partial charge in [-0.15, -0.1) is 0 Å². The van der Waals surface area contributed by atoms with Crippen molar-refractivity contribution in [3.63, 3.8) is 0 Å². The first-order chi connectivity index (χ1) is 12.1. The first-order valence-electron chi connectivity index (χ1n) is 9.16. The van der Waals surface area contributed by atoms with Crippen molar-refractivity contribution in [3.05, 3.63) is 29.3 Å². The second-order valence-corrected chi connectivity index (χ2v) is 8.66. The first-order valence-corrected chi connectivity index (χ1v) is 9.16. The molecule has 1 aromatic rings. The van der Waals surface area contributed by atoms with Crippen LogP contribution >= 0.6 is 0 Å². The van der Waals surface area contributed by atoms with Gasteiger partial charge in [0.25, 0.3) is 11.8 Å². The van der Waals surface area contributed by atoms with Gasteiger partial charge in [-0.3, -0.25) is 14.5 Å². The van der Waals surface area contributed by atoms with Crippen molar-refractivity contribution in [2.24, 2.45) is 11.8 Å². The molecule has 6 nitrogen and oxygen atoms in total. The van der Waals surface area contributed by atoms with E-state index >= 15 is 0 Å². The molecule has 2 aliphatic rings. The molecular formula is C20H27N3O3. The maximum Gasteiger partial charge on any atom is 0.321 e. The Morgan fingerprint density at radius 1 is 1.04 bits per heavy atom. The summed E-state index contributed by atoms with van der Waals surface area (Å²) in [5.41, 5.74) is 0.694. The smallest absolute Gasteiger partial charge is 0.321 e. The van der Waals surface area contributed by atoms with E-state index in [1.54, 1.807) is 18.2 Å². The van der Waals surface area contributed by atoms with Crippen molar-refractivity contribution in [1.82, 2.24) is 9.80 Å². The SMILES string of the molecule is CC1CC(C)CN(C(=O)Nc2ccc3c(c2)C(=O)N(C(C)(C)C)C3=O)C1. The van der Waals surface area contributed by atoms with Gasteiger partial charge in [-0.05, 0) is 57.2 Å². The molecule has 1 fully saturated rings. The monoisotopic (exact) mass is 357 g/mol. The molecule has 2 atom stereocenters. The standard InChI is InChI=1S/C20H27N3O3/c1-12-8-13(2)11-22(10-12)19(26)21-14-6-7-15-16(9-14)18(25)23(17(15)24)20(3,4)5/h6-7,9,12-13H,8,10-11H2,1-5H3,(H,21,26). The molecule has 0 spiro atoms. The van der Waals surface area contributed by atoms with Crippen molar-refractivity contribution >= 4 is 23.5 Å². The van der Waals surface area contributed by atoms with Gasteiger partial charge in [0, 0.05) is 24.3 Å². The second-order valence-electron chi connectivity index (χ2n) is 8.66. The van der Waals surface area contributed by atoms with Crippen LogP contribution in [0.4, 0.5) is 10.5 Å². The van der Waals surface area contributed by atoms with Gasteiger partial charge in [-0.2, -0.15) is 0 Å². The zero-order chi connectivity index (χ0) is 19.2. The number of imide groups is 1. The number of carbonyl (C=O) groups excluding carboxylic acids is 3. The van der Waals surface area contributed by atoms with E-state index < -0.39 is 5.54 Å². The van der Waals surface area contributed by atoms with Crippen molar-refractivity contribution in [2.45, 2.75) is 46.6 Å². The lowest BCUT2D eigenvalue weighted by Crippen LogP contribution is -2.45. The summed E-state index contributed by atoms with van der Waals surface area (Å²) in [4.78, 5) is 40.9. The number of anilines is 1. The third kappa shape index (κ3) is 3.32. The highest BCUT2D eigenvalue weighted by Gasteiger charge is 2.42. The Balaban J connectivity index is 1.79. The number of piperidine rings is 1. The summed E-state index contributed by atoms with van der Waals surface area (Å²) >= 11 is 0. The van der Waals surface area contributed by atoms with Crippen LogP contribution in [0, 0.1) is 11.8 Å². The minimum atomic E-state index is -0.587. The van der Waals surface area contributed by atoms with Crippen LogP contribution in [0.3, 0.4) is 0 Å². The van der Waals surface area contributed by atoms with Gasteiger partial charge in [0.05, 0.1) is 11.1 Å². The average Bonchev–Trinajstić information content (AvgIpc) is 2.77. The first kappa shape index (κ1) is 18.4. The van der Waals surface area contributed by atoms with E-state index in [9.17, 15) is 14.4 Å². The van der Waals surface area contributed by atoms with Gasteiger partial charge in [-0.25, -0.2) is 4.79 Å². The maximum atomic E-state index is 12.7. The fourth-order valence-corrected chi connectivity index (χ4v) is 3.96. The van der Waals surface area contributed by atoms with Crippen molar-refractivity contribution in [1.29, 1.82) is 0 Å². The van der Waals surface area contributed by atoms with Gasteiger partial charge in [0.1, 0.15) is 0 Å². The molecule has 4 amide bonds. The highest BCUT2D eigenvalue weighted by Crippen LogP contribution is 2.31. The Hall–Kier alpha value is -2.37. The van der Waals surface area contributed by atoms with Gasteiger partial charge in [-0.1, -0.05) is 13.8 Å². The highest BCUT2D eigenvalue weighted by molar-refractivity contribution is 6.22. The molecule has 3 rings (SSSR count). The van der Waals surface area contributed by atoms with E-state index in [0.717, 1.165) is 19.5 Å².